The Morgan fingerprint density at radius 2 is 2.11 bits per heavy atom. The normalized spacial score (nSPS) is 23.8. The predicted molar refractivity (Wildman–Crippen MR) is 83.1 cm³/mol. The summed E-state index contributed by atoms with van der Waals surface area (Å²) >= 11 is 5.47. The molecule has 0 radical (unpaired) electrons. The molecule has 0 aliphatic carbocycles. The summed E-state index contributed by atoms with van der Waals surface area (Å²) in [5.41, 5.74) is 2.43. The molecule has 1 aliphatic heterocycles. The third-order valence-electron chi connectivity index (χ3n) is 3.29. The van der Waals surface area contributed by atoms with Crippen LogP contribution in [0.25, 0.3) is 0 Å². The molecule has 2 rings (SSSR count). The Kier molecular flexibility index (Phi) is 4.67. The lowest BCUT2D eigenvalue weighted by Gasteiger charge is -2.31. The highest BCUT2D eigenvalue weighted by Gasteiger charge is 2.28. The molecule has 1 heterocycles. The molecule has 1 aromatic carbocycles. The van der Waals surface area contributed by atoms with Gasteiger partial charge in [-0.05, 0) is 55.7 Å². The molecule has 0 aromatic heterocycles. The molecule has 0 saturated heterocycles. The van der Waals surface area contributed by atoms with E-state index in [1.807, 2.05) is 19.9 Å². The summed E-state index contributed by atoms with van der Waals surface area (Å²) in [7, 11) is 0. The van der Waals surface area contributed by atoms with Gasteiger partial charge in [-0.3, -0.25) is 0 Å². The number of nitrogens with one attached hydrogen (secondary N) is 1. The van der Waals surface area contributed by atoms with E-state index in [1.165, 1.54) is 5.56 Å². The molecule has 0 bridgehead atoms. The van der Waals surface area contributed by atoms with Crippen molar-refractivity contribution in [1.29, 1.82) is 0 Å². The van der Waals surface area contributed by atoms with E-state index in [2.05, 4.69) is 31.1 Å². The predicted octanol–water partition coefficient (Wildman–Crippen LogP) is 4.33. The maximum absolute atomic E-state index is 5.89. The van der Waals surface area contributed by atoms with Crippen molar-refractivity contribution in [3.63, 3.8) is 0 Å². The third kappa shape index (κ3) is 3.57. The smallest absolute Gasteiger partial charge is 0.313 e. The van der Waals surface area contributed by atoms with Gasteiger partial charge >= 0.3 is 6.64 Å². The van der Waals surface area contributed by atoms with E-state index in [9.17, 15) is 0 Å². The highest BCUT2D eigenvalue weighted by molar-refractivity contribution is 8.09. The fourth-order valence-electron chi connectivity index (χ4n) is 2.03. The molecule has 0 amide bonds. The van der Waals surface area contributed by atoms with Gasteiger partial charge in [0.15, 0.2) is 0 Å². The fourth-order valence-corrected chi connectivity index (χ4v) is 4.62. The summed E-state index contributed by atoms with van der Waals surface area (Å²) < 4.78 is 11.7. The Bertz CT molecular complexity index is 504. The van der Waals surface area contributed by atoms with Crippen LogP contribution in [0.4, 0.5) is 0 Å². The van der Waals surface area contributed by atoms with E-state index < -0.39 is 6.64 Å². The van der Waals surface area contributed by atoms with Crippen LogP contribution in [0, 0.1) is 0 Å². The van der Waals surface area contributed by atoms with Gasteiger partial charge in [-0.2, -0.15) is 0 Å². The molecule has 3 nitrogen and oxygen atoms in total. The SMILES string of the molecule is CCC(C)c1ccc2c(c1)COP(=S)(NC(C)C)O2. The molecule has 19 heavy (non-hydrogen) atoms. The van der Waals surface area contributed by atoms with Crippen LogP contribution in [-0.4, -0.2) is 6.04 Å². The van der Waals surface area contributed by atoms with Gasteiger partial charge in [0.25, 0.3) is 0 Å². The number of benzene rings is 1. The number of hydrogen-bond acceptors (Lipinski definition) is 3. The van der Waals surface area contributed by atoms with Gasteiger partial charge in [-0.15, -0.1) is 0 Å². The summed E-state index contributed by atoms with van der Waals surface area (Å²) in [6, 6.07) is 6.60. The molecule has 1 aliphatic rings. The van der Waals surface area contributed by atoms with Crippen LogP contribution in [0.5, 0.6) is 5.75 Å². The maximum Gasteiger partial charge on any atom is 0.313 e. The first-order valence-electron chi connectivity index (χ1n) is 6.78. The largest absolute Gasteiger partial charge is 0.432 e. The van der Waals surface area contributed by atoms with E-state index in [4.69, 9.17) is 20.9 Å². The highest BCUT2D eigenvalue weighted by atomic mass is 32.5. The molecule has 2 unspecified atom stereocenters. The minimum Gasteiger partial charge on any atom is -0.432 e. The van der Waals surface area contributed by atoms with Crippen LogP contribution in [-0.2, 0) is 22.9 Å². The van der Waals surface area contributed by atoms with Crippen molar-refractivity contribution in [1.82, 2.24) is 5.09 Å². The number of rotatable bonds is 4. The zero-order valence-electron chi connectivity index (χ0n) is 12.0. The first kappa shape index (κ1) is 15.0. The first-order chi connectivity index (χ1) is 8.93. The molecule has 5 heteroatoms. The van der Waals surface area contributed by atoms with Gasteiger partial charge in [0.1, 0.15) is 5.75 Å². The van der Waals surface area contributed by atoms with Crippen molar-refractivity contribution in [2.24, 2.45) is 0 Å². The second-order valence-corrected chi connectivity index (χ2v) is 8.46. The van der Waals surface area contributed by atoms with Crippen LogP contribution < -0.4 is 9.61 Å². The van der Waals surface area contributed by atoms with Crippen molar-refractivity contribution >= 4 is 18.4 Å². The maximum atomic E-state index is 5.89. The Morgan fingerprint density at radius 1 is 1.37 bits per heavy atom. The van der Waals surface area contributed by atoms with E-state index >= 15 is 0 Å². The van der Waals surface area contributed by atoms with Crippen molar-refractivity contribution < 1.29 is 9.05 Å². The lowest BCUT2D eigenvalue weighted by Crippen LogP contribution is -2.25. The summed E-state index contributed by atoms with van der Waals surface area (Å²) in [6.07, 6.45) is 1.13. The lowest BCUT2D eigenvalue weighted by atomic mass is 9.97. The third-order valence-corrected chi connectivity index (χ3v) is 5.89. The van der Waals surface area contributed by atoms with E-state index in [0.717, 1.165) is 17.7 Å². The van der Waals surface area contributed by atoms with Crippen LogP contribution in [0.2, 0.25) is 0 Å². The number of hydrogen-bond donors (Lipinski definition) is 1. The van der Waals surface area contributed by atoms with Crippen LogP contribution in [0.15, 0.2) is 18.2 Å². The molecule has 0 spiro atoms. The molecule has 2 atom stereocenters. The molecule has 0 saturated carbocycles. The molecule has 106 valence electrons. The fraction of sp³-hybridized carbons (Fsp3) is 0.571. The summed E-state index contributed by atoms with van der Waals surface area (Å²) in [6.45, 7) is 6.69. The van der Waals surface area contributed by atoms with Gasteiger partial charge in [0.2, 0.25) is 0 Å². The highest BCUT2D eigenvalue weighted by Crippen LogP contribution is 2.51. The van der Waals surface area contributed by atoms with Crippen molar-refractivity contribution in [2.75, 3.05) is 0 Å². The lowest BCUT2D eigenvalue weighted by molar-refractivity contribution is 0.265. The van der Waals surface area contributed by atoms with Crippen molar-refractivity contribution in [2.45, 2.75) is 52.7 Å². The average Bonchev–Trinajstić information content (AvgIpc) is 2.35. The van der Waals surface area contributed by atoms with Gasteiger partial charge in [0.05, 0.1) is 6.61 Å². The zero-order valence-corrected chi connectivity index (χ0v) is 13.7. The minimum absolute atomic E-state index is 0.256. The Labute approximate surface area is 120 Å². The van der Waals surface area contributed by atoms with Gasteiger partial charge in [-0.25, -0.2) is 5.09 Å². The number of fused-ring (bicyclic) bond motifs is 1. The summed E-state index contributed by atoms with van der Waals surface area (Å²) in [5, 5.41) is 3.23. The van der Waals surface area contributed by atoms with Crippen LogP contribution in [0.1, 0.15) is 51.2 Å². The van der Waals surface area contributed by atoms with Gasteiger partial charge < -0.3 is 9.05 Å². The summed E-state index contributed by atoms with van der Waals surface area (Å²) in [4.78, 5) is 0. The topological polar surface area (TPSA) is 30.5 Å². The van der Waals surface area contributed by atoms with E-state index in [1.54, 1.807) is 0 Å². The quantitative estimate of drug-likeness (QED) is 0.838. The van der Waals surface area contributed by atoms with Crippen LogP contribution in [0.3, 0.4) is 0 Å². The molecular formula is C14H22NO2PS. The Balaban J connectivity index is 2.21. The molecule has 1 N–H and O–H groups in total. The van der Waals surface area contributed by atoms with Crippen molar-refractivity contribution in [3.05, 3.63) is 29.3 Å². The molecule has 0 fully saturated rings. The monoisotopic (exact) mass is 299 g/mol. The Hall–Kier alpha value is -0.410. The second kappa shape index (κ2) is 5.92. The van der Waals surface area contributed by atoms with Crippen molar-refractivity contribution in [3.8, 4) is 5.75 Å². The zero-order chi connectivity index (χ0) is 14.0. The van der Waals surface area contributed by atoms with Gasteiger partial charge in [-0.1, -0.05) is 19.9 Å². The molecule has 1 aromatic rings. The van der Waals surface area contributed by atoms with Gasteiger partial charge in [0, 0.05) is 11.6 Å². The van der Waals surface area contributed by atoms with E-state index in [-0.39, 0.29) is 6.04 Å². The molecular weight excluding hydrogens is 277 g/mol. The minimum atomic E-state index is -2.36. The standard InChI is InChI=1S/C14H22NO2PS/c1-5-11(4)12-6-7-14-13(8-12)9-16-18(19,17-14)15-10(2)3/h6-8,10-11H,5,9H2,1-4H3,(H,15,19). The average molecular weight is 299 g/mol. The van der Waals surface area contributed by atoms with E-state index in [0.29, 0.717) is 12.5 Å². The summed E-state index contributed by atoms with van der Waals surface area (Å²) in [5.74, 6) is 1.43. The first-order valence-corrected chi connectivity index (χ1v) is 9.42. The van der Waals surface area contributed by atoms with Crippen LogP contribution >= 0.6 is 6.64 Å². The Morgan fingerprint density at radius 3 is 2.74 bits per heavy atom. The second-order valence-electron chi connectivity index (χ2n) is 5.32.